The Balaban J connectivity index is 1.15. The Labute approximate surface area is 272 Å². The van der Waals surface area contributed by atoms with E-state index in [1.54, 1.807) is 0 Å². The Morgan fingerprint density at radius 2 is 0.771 bits per heavy atom. The second-order valence-corrected chi connectivity index (χ2v) is 10.9. The predicted molar refractivity (Wildman–Crippen MR) is 164 cm³/mol. The van der Waals surface area contributed by atoms with Crippen LogP contribution in [-0.2, 0) is 44.5 Å². The molecule has 12 nitrogen and oxygen atoms in total. The number of benzene rings is 4. The number of amides is 2. The van der Waals surface area contributed by atoms with Gasteiger partial charge in [0.1, 0.15) is 11.5 Å². The number of hydrogen-bond donors (Lipinski definition) is 6. The van der Waals surface area contributed by atoms with Crippen molar-refractivity contribution >= 4 is 57.1 Å². The van der Waals surface area contributed by atoms with Crippen molar-refractivity contribution in [3.63, 3.8) is 0 Å². The van der Waals surface area contributed by atoms with Crippen LogP contribution in [0, 0.1) is 0 Å². The molecule has 254 valence electrons. The Kier molecular flexibility index (Phi) is 11.3. The van der Waals surface area contributed by atoms with E-state index >= 15 is 0 Å². The van der Waals surface area contributed by atoms with Crippen molar-refractivity contribution in [1.29, 1.82) is 0 Å². The Morgan fingerprint density at radius 3 is 1.06 bits per heavy atom. The minimum Gasteiger partial charge on any atom is -0.385 e. The van der Waals surface area contributed by atoms with Gasteiger partial charge in [0.25, 0.3) is 0 Å². The highest BCUT2D eigenvalue weighted by Crippen LogP contribution is 2.31. The molecule has 0 heterocycles. The van der Waals surface area contributed by atoms with Crippen molar-refractivity contribution in [3.05, 3.63) is 108 Å². The summed E-state index contributed by atoms with van der Waals surface area (Å²) in [5, 5.41) is 0. The van der Waals surface area contributed by atoms with Crippen molar-refractivity contribution in [2.45, 2.75) is 12.4 Å². The molecule has 4 aromatic rings. The molecule has 0 aliphatic rings. The Morgan fingerprint density at radius 1 is 0.479 bits per heavy atom. The van der Waals surface area contributed by atoms with Crippen molar-refractivity contribution in [3.8, 4) is 11.5 Å². The molecule has 2 amide bonds. The molecule has 2 atom stereocenters. The van der Waals surface area contributed by atoms with E-state index in [4.69, 9.17) is 8.37 Å². The summed E-state index contributed by atoms with van der Waals surface area (Å²) in [6.07, 6.45) is -9.04. The standard InChI is InChI=1S/C28H22F6N6O6S2/c29-27(30,31)17-1-13-23(14-2-17)45-47(43)39-21-9-5-19(6-10-21)35-37-25(41)26(42)38-36-20-7-11-22(12-8-20)40-48(44)46-24-15-3-18(4-16-24)28(32,33)34/h1-16,35-36,39-40H,(H,37,41)(H,38,42). The first-order valence-electron chi connectivity index (χ1n) is 13.1. The van der Waals surface area contributed by atoms with Gasteiger partial charge in [0, 0.05) is 11.4 Å². The molecule has 0 saturated heterocycles. The molecular weight excluding hydrogens is 694 g/mol. The van der Waals surface area contributed by atoms with Gasteiger partial charge in [0.15, 0.2) is 0 Å². The second kappa shape index (κ2) is 15.4. The first kappa shape index (κ1) is 35.4. The number of alkyl halides is 6. The lowest BCUT2D eigenvalue weighted by Gasteiger charge is -2.12. The maximum absolute atomic E-state index is 12.7. The third-order valence-electron chi connectivity index (χ3n) is 5.73. The van der Waals surface area contributed by atoms with Gasteiger partial charge in [0.05, 0.1) is 22.5 Å². The first-order chi connectivity index (χ1) is 22.7. The van der Waals surface area contributed by atoms with Crippen LogP contribution in [0.2, 0.25) is 0 Å². The number of carbonyl (C=O) groups is 2. The topological polar surface area (TPSA) is 159 Å². The third kappa shape index (κ3) is 10.8. The molecule has 20 heteroatoms. The molecule has 0 aromatic heterocycles. The second-order valence-electron chi connectivity index (χ2n) is 9.20. The molecule has 4 aromatic carbocycles. The van der Waals surface area contributed by atoms with Crippen LogP contribution in [0.15, 0.2) is 97.1 Å². The van der Waals surface area contributed by atoms with E-state index in [2.05, 4.69) is 31.1 Å². The van der Waals surface area contributed by atoms with Crippen molar-refractivity contribution < 1.29 is 52.7 Å². The fourth-order valence-electron chi connectivity index (χ4n) is 3.42. The molecule has 0 bridgehead atoms. The lowest BCUT2D eigenvalue weighted by molar-refractivity contribution is -0.138. The summed E-state index contributed by atoms with van der Waals surface area (Å²) in [6.45, 7) is 0. The molecular formula is C28H22F6N6O6S2. The van der Waals surface area contributed by atoms with Crippen molar-refractivity contribution in [2.75, 3.05) is 20.3 Å². The van der Waals surface area contributed by atoms with Gasteiger partial charge in [-0.15, -0.1) is 0 Å². The molecule has 0 aliphatic heterocycles. The molecule has 48 heavy (non-hydrogen) atoms. The summed E-state index contributed by atoms with van der Waals surface area (Å²) in [7, 11) is 0. The van der Waals surface area contributed by atoms with Crippen molar-refractivity contribution in [1.82, 2.24) is 10.9 Å². The normalized spacial score (nSPS) is 12.5. The maximum Gasteiger partial charge on any atom is 0.416 e. The van der Waals surface area contributed by atoms with Gasteiger partial charge in [-0.2, -0.15) is 34.8 Å². The van der Waals surface area contributed by atoms with Crippen LogP contribution < -0.4 is 39.5 Å². The maximum atomic E-state index is 12.7. The molecule has 0 radical (unpaired) electrons. The average Bonchev–Trinajstić information content (AvgIpc) is 3.03. The van der Waals surface area contributed by atoms with Crippen molar-refractivity contribution in [2.24, 2.45) is 0 Å². The Bertz CT molecular complexity index is 1630. The summed E-state index contributed by atoms with van der Waals surface area (Å²) >= 11 is -4.28. The highest BCUT2D eigenvalue weighted by atomic mass is 32.2. The summed E-state index contributed by atoms with van der Waals surface area (Å²) in [5.74, 6) is -2.27. The average molecular weight is 717 g/mol. The smallest absolute Gasteiger partial charge is 0.385 e. The quantitative estimate of drug-likeness (QED) is 0.0642. The van der Waals surface area contributed by atoms with E-state index in [9.17, 15) is 44.3 Å². The van der Waals surface area contributed by atoms with Crippen LogP contribution in [0.3, 0.4) is 0 Å². The van der Waals surface area contributed by atoms with Gasteiger partial charge in [0.2, 0.25) is 0 Å². The van der Waals surface area contributed by atoms with E-state index in [-0.39, 0.29) is 11.5 Å². The van der Waals surface area contributed by atoms with Crippen LogP contribution in [-0.4, -0.2) is 20.2 Å². The predicted octanol–water partition coefficient (Wildman–Crippen LogP) is 5.45. The lowest BCUT2D eigenvalue weighted by Crippen LogP contribution is -2.44. The monoisotopic (exact) mass is 716 g/mol. The number of rotatable bonds is 12. The van der Waals surface area contributed by atoms with Crippen LogP contribution in [0.1, 0.15) is 11.1 Å². The minimum absolute atomic E-state index is 0.0583. The van der Waals surface area contributed by atoms with E-state index in [0.29, 0.717) is 22.7 Å². The van der Waals surface area contributed by atoms with E-state index in [1.807, 2.05) is 0 Å². The zero-order valence-corrected chi connectivity index (χ0v) is 25.4. The van der Waals surface area contributed by atoms with Gasteiger partial charge in [-0.05, 0) is 97.1 Å². The number of nitrogens with one attached hydrogen (secondary N) is 6. The minimum atomic E-state index is -4.52. The Hall–Kier alpha value is -5.50. The van der Waals surface area contributed by atoms with Gasteiger partial charge >= 0.3 is 46.7 Å². The van der Waals surface area contributed by atoms with Gasteiger partial charge in [-0.25, -0.2) is 0 Å². The van der Waals surface area contributed by atoms with E-state index in [1.165, 1.54) is 48.5 Å². The zero-order valence-electron chi connectivity index (χ0n) is 23.8. The van der Waals surface area contributed by atoms with E-state index < -0.39 is 57.8 Å². The van der Waals surface area contributed by atoms with Crippen LogP contribution in [0.25, 0.3) is 0 Å². The lowest BCUT2D eigenvalue weighted by atomic mass is 10.2. The van der Waals surface area contributed by atoms with Gasteiger partial charge < -0.3 is 8.37 Å². The number of anilines is 4. The summed E-state index contributed by atoms with van der Waals surface area (Å²) in [4.78, 5) is 24.2. The zero-order chi connectivity index (χ0) is 34.9. The number of hydrazine groups is 2. The largest absolute Gasteiger partial charge is 0.416 e. The number of carbonyl (C=O) groups excluding carboxylic acids is 2. The summed E-state index contributed by atoms with van der Waals surface area (Å²) in [6, 6.07) is 18.8. The molecule has 0 aliphatic carbocycles. The van der Waals surface area contributed by atoms with Crippen LogP contribution >= 0.6 is 0 Å². The van der Waals surface area contributed by atoms with Crippen LogP contribution in [0.4, 0.5) is 49.1 Å². The molecule has 2 unspecified atom stereocenters. The molecule has 0 spiro atoms. The fourth-order valence-corrected chi connectivity index (χ4v) is 4.73. The molecule has 0 fully saturated rings. The number of halogens is 6. The summed E-state index contributed by atoms with van der Waals surface area (Å²) in [5.41, 5.74) is 8.82. The third-order valence-corrected chi connectivity index (χ3v) is 7.22. The highest BCUT2D eigenvalue weighted by molar-refractivity contribution is 7.82. The SMILES string of the molecule is O=C(NNc1ccc(NS(=O)Oc2ccc(C(F)(F)F)cc2)cc1)C(=O)NNc1ccc(NS(=O)Oc2ccc(C(F)(F)F)cc2)cc1. The highest BCUT2D eigenvalue weighted by Gasteiger charge is 2.31. The molecule has 4 rings (SSSR count). The molecule has 6 N–H and O–H groups in total. The van der Waals surface area contributed by atoms with Gasteiger partial charge in [-0.3, -0.25) is 40.7 Å². The molecule has 0 saturated carbocycles. The fraction of sp³-hybridized carbons (Fsp3) is 0.0714. The van der Waals surface area contributed by atoms with E-state index in [0.717, 1.165) is 48.5 Å². The van der Waals surface area contributed by atoms with Gasteiger partial charge in [-0.1, -0.05) is 0 Å². The number of hydrogen-bond acceptors (Lipinski definition) is 8. The first-order valence-corrected chi connectivity index (χ1v) is 15.2. The summed E-state index contributed by atoms with van der Waals surface area (Å²) < 4.78 is 115. The van der Waals surface area contributed by atoms with Crippen LogP contribution in [0.5, 0.6) is 11.5 Å².